The third-order valence-corrected chi connectivity index (χ3v) is 3.49. The van der Waals surface area contributed by atoms with Gasteiger partial charge in [0.1, 0.15) is 6.07 Å². The van der Waals surface area contributed by atoms with Crippen LogP contribution in [-0.4, -0.2) is 4.98 Å². The summed E-state index contributed by atoms with van der Waals surface area (Å²) in [5.41, 5.74) is 1.45. The molecule has 2 nitrogen and oxygen atoms in total. The molecule has 0 spiro atoms. The first-order valence-corrected chi connectivity index (χ1v) is 5.58. The Balaban J connectivity index is 2.61. The van der Waals surface area contributed by atoms with Crippen LogP contribution in [0.2, 0.25) is 0 Å². The van der Waals surface area contributed by atoms with Crippen molar-refractivity contribution in [2.45, 2.75) is 0 Å². The lowest BCUT2D eigenvalue weighted by atomic mass is 10.2. The van der Waals surface area contributed by atoms with E-state index in [1.165, 1.54) is 0 Å². The van der Waals surface area contributed by atoms with Gasteiger partial charge in [0.25, 0.3) is 0 Å². The van der Waals surface area contributed by atoms with Gasteiger partial charge in [0.2, 0.25) is 0 Å². The molecule has 2 rings (SSSR count). The molecule has 0 unspecified atom stereocenters. The normalized spacial score (nSPS) is 9.71. The molecule has 2 aromatic rings. The number of halogens is 1. The molecule has 0 amide bonds. The standard InChI is InChI=1S/C10H5BrN2S/c11-10-7(9-2-1-5-14-9)3-4-13-8(10)6-12/h1-5H. The zero-order valence-corrected chi connectivity index (χ0v) is 9.47. The Morgan fingerprint density at radius 1 is 1.43 bits per heavy atom. The summed E-state index contributed by atoms with van der Waals surface area (Å²) in [6, 6.07) is 7.95. The predicted molar refractivity (Wildman–Crippen MR) is 60.0 cm³/mol. The molecule has 0 aliphatic carbocycles. The number of hydrogen-bond donors (Lipinski definition) is 0. The van der Waals surface area contributed by atoms with Crippen LogP contribution in [0.4, 0.5) is 0 Å². The Morgan fingerprint density at radius 2 is 2.29 bits per heavy atom. The third-order valence-electron chi connectivity index (χ3n) is 1.78. The average molecular weight is 265 g/mol. The predicted octanol–water partition coefficient (Wildman–Crippen LogP) is 3.44. The maximum atomic E-state index is 8.80. The fraction of sp³-hybridized carbons (Fsp3) is 0. The summed E-state index contributed by atoms with van der Waals surface area (Å²) in [5, 5.41) is 10.8. The second-order valence-electron chi connectivity index (χ2n) is 2.61. The molecule has 0 fully saturated rings. The molecule has 0 aromatic carbocycles. The van der Waals surface area contributed by atoms with Gasteiger partial charge in [0.05, 0.1) is 4.47 Å². The quantitative estimate of drug-likeness (QED) is 0.791. The minimum absolute atomic E-state index is 0.427. The van der Waals surface area contributed by atoms with E-state index in [1.54, 1.807) is 17.5 Å². The van der Waals surface area contributed by atoms with Crippen molar-refractivity contribution in [3.63, 3.8) is 0 Å². The van der Waals surface area contributed by atoms with Crippen LogP contribution >= 0.6 is 27.3 Å². The maximum Gasteiger partial charge on any atom is 0.155 e. The van der Waals surface area contributed by atoms with E-state index in [-0.39, 0.29) is 0 Å². The second-order valence-corrected chi connectivity index (χ2v) is 4.35. The van der Waals surface area contributed by atoms with Gasteiger partial charge in [-0.05, 0) is 33.4 Å². The van der Waals surface area contributed by atoms with Crippen molar-refractivity contribution in [1.82, 2.24) is 4.98 Å². The maximum absolute atomic E-state index is 8.80. The SMILES string of the molecule is N#Cc1nccc(-c2cccs2)c1Br. The van der Waals surface area contributed by atoms with Crippen LogP contribution in [0.5, 0.6) is 0 Å². The molecule has 2 heterocycles. The first-order valence-electron chi connectivity index (χ1n) is 3.91. The molecular formula is C10H5BrN2S. The molecule has 68 valence electrons. The fourth-order valence-electron chi connectivity index (χ4n) is 1.14. The number of pyridine rings is 1. The van der Waals surface area contributed by atoms with Crippen molar-refractivity contribution in [3.05, 3.63) is 39.9 Å². The van der Waals surface area contributed by atoms with Crippen molar-refractivity contribution in [2.75, 3.05) is 0 Å². The summed E-state index contributed by atoms with van der Waals surface area (Å²) in [6.07, 6.45) is 1.65. The number of thiophene rings is 1. The Kier molecular flexibility index (Phi) is 2.62. The highest BCUT2D eigenvalue weighted by atomic mass is 79.9. The molecule has 14 heavy (non-hydrogen) atoms. The summed E-state index contributed by atoms with van der Waals surface area (Å²) >= 11 is 5.03. The van der Waals surface area contributed by atoms with E-state index in [0.29, 0.717) is 5.69 Å². The first kappa shape index (κ1) is 9.38. The number of nitriles is 1. The van der Waals surface area contributed by atoms with Crippen LogP contribution in [-0.2, 0) is 0 Å². The Hall–Kier alpha value is -1.18. The largest absolute Gasteiger partial charge is 0.244 e. The van der Waals surface area contributed by atoms with Crippen molar-refractivity contribution in [2.24, 2.45) is 0 Å². The monoisotopic (exact) mass is 264 g/mol. The average Bonchev–Trinajstić information content (AvgIpc) is 2.71. The molecule has 0 atom stereocenters. The van der Waals surface area contributed by atoms with Crippen LogP contribution < -0.4 is 0 Å². The van der Waals surface area contributed by atoms with E-state index in [1.807, 2.05) is 29.6 Å². The molecular weight excluding hydrogens is 260 g/mol. The van der Waals surface area contributed by atoms with Crippen molar-refractivity contribution >= 4 is 27.3 Å². The van der Waals surface area contributed by atoms with Crippen molar-refractivity contribution in [3.8, 4) is 16.5 Å². The lowest BCUT2D eigenvalue weighted by Gasteiger charge is -2.01. The highest BCUT2D eigenvalue weighted by Crippen LogP contribution is 2.32. The van der Waals surface area contributed by atoms with Gasteiger partial charge in [-0.2, -0.15) is 5.26 Å². The summed E-state index contributed by atoms with van der Waals surface area (Å²) in [6.45, 7) is 0. The van der Waals surface area contributed by atoms with E-state index in [4.69, 9.17) is 5.26 Å². The van der Waals surface area contributed by atoms with Gasteiger partial charge >= 0.3 is 0 Å². The van der Waals surface area contributed by atoms with E-state index in [9.17, 15) is 0 Å². The van der Waals surface area contributed by atoms with E-state index < -0.39 is 0 Å². The Morgan fingerprint density at radius 3 is 2.93 bits per heavy atom. The molecule has 0 radical (unpaired) electrons. The smallest absolute Gasteiger partial charge is 0.155 e. The van der Waals surface area contributed by atoms with Crippen LogP contribution in [0.15, 0.2) is 34.2 Å². The summed E-state index contributed by atoms with van der Waals surface area (Å²) in [5.74, 6) is 0. The van der Waals surface area contributed by atoms with E-state index in [0.717, 1.165) is 14.9 Å². The Labute approximate surface area is 94.0 Å². The van der Waals surface area contributed by atoms with Crippen LogP contribution in [0, 0.1) is 11.3 Å². The zero-order chi connectivity index (χ0) is 9.97. The number of hydrogen-bond acceptors (Lipinski definition) is 3. The number of aromatic nitrogens is 1. The van der Waals surface area contributed by atoms with Crippen LogP contribution in [0.3, 0.4) is 0 Å². The van der Waals surface area contributed by atoms with Gasteiger partial charge in [0, 0.05) is 16.6 Å². The molecule has 0 aliphatic heterocycles. The second kappa shape index (κ2) is 3.91. The van der Waals surface area contributed by atoms with Gasteiger partial charge in [-0.3, -0.25) is 0 Å². The minimum atomic E-state index is 0.427. The number of rotatable bonds is 1. The highest BCUT2D eigenvalue weighted by molar-refractivity contribution is 9.10. The molecule has 0 N–H and O–H groups in total. The van der Waals surface area contributed by atoms with Crippen LogP contribution in [0.1, 0.15) is 5.69 Å². The van der Waals surface area contributed by atoms with Crippen molar-refractivity contribution in [1.29, 1.82) is 5.26 Å². The zero-order valence-electron chi connectivity index (χ0n) is 7.07. The lowest BCUT2D eigenvalue weighted by Crippen LogP contribution is -1.86. The van der Waals surface area contributed by atoms with E-state index >= 15 is 0 Å². The van der Waals surface area contributed by atoms with E-state index in [2.05, 4.69) is 20.9 Å². The third kappa shape index (κ3) is 1.57. The molecule has 0 bridgehead atoms. The summed E-state index contributed by atoms with van der Waals surface area (Å²) in [7, 11) is 0. The molecule has 0 saturated carbocycles. The molecule has 0 aliphatic rings. The summed E-state index contributed by atoms with van der Waals surface area (Å²) < 4.78 is 0.768. The van der Waals surface area contributed by atoms with Crippen molar-refractivity contribution < 1.29 is 0 Å². The van der Waals surface area contributed by atoms with Gasteiger partial charge in [-0.1, -0.05) is 6.07 Å². The first-order chi connectivity index (χ1) is 6.83. The summed E-state index contributed by atoms with van der Waals surface area (Å²) in [4.78, 5) is 5.10. The lowest BCUT2D eigenvalue weighted by molar-refractivity contribution is 1.25. The molecule has 0 saturated heterocycles. The molecule has 2 aromatic heterocycles. The van der Waals surface area contributed by atoms with Gasteiger partial charge < -0.3 is 0 Å². The Bertz CT molecular complexity index is 485. The van der Waals surface area contributed by atoms with Crippen LogP contribution in [0.25, 0.3) is 10.4 Å². The highest BCUT2D eigenvalue weighted by Gasteiger charge is 2.08. The van der Waals surface area contributed by atoms with Gasteiger partial charge in [-0.25, -0.2) is 4.98 Å². The molecule has 4 heteroatoms. The minimum Gasteiger partial charge on any atom is -0.244 e. The number of nitrogens with zero attached hydrogens (tertiary/aromatic N) is 2. The van der Waals surface area contributed by atoms with Gasteiger partial charge in [-0.15, -0.1) is 11.3 Å². The fourth-order valence-corrected chi connectivity index (χ4v) is 2.57. The van der Waals surface area contributed by atoms with Gasteiger partial charge in [0.15, 0.2) is 5.69 Å². The topological polar surface area (TPSA) is 36.7 Å².